The van der Waals surface area contributed by atoms with E-state index >= 15 is 0 Å². The maximum atomic E-state index is 10.1. The highest BCUT2D eigenvalue weighted by molar-refractivity contribution is 5.16. The number of nitrogens with zero attached hydrogens (tertiary/aromatic N) is 2. The first-order chi connectivity index (χ1) is 8.03. The molecule has 1 aromatic rings. The van der Waals surface area contributed by atoms with E-state index in [2.05, 4.69) is 24.1 Å². The molecular weight excluding hydrogens is 212 g/mol. The van der Waals surface area contributed by atoms with Crippen molar-refractivity contribution in [2.45, 2.75) is 39.3 Å². The molecule has 0 aliphatic carbocycles. The monoisotopic (exact) mass is 234 g/mol. The summed E-state index contributed by atoms with van der Waals surface area (Å²) in [6.07, 6.45) is 1.58. The van der Waals surface area contributed by atoms with Gasteiger partial charge in [-0.1, -0.05) is 50.6 Å². The molecule has 0 amide bonds. The SMILES string of the molecule is CCC(C)C/N=N/C(C)(O)Cc1ccccc1. The van der Waals surface area contributed by atoms with Crippen LogP contribution in [0.15, 0.2) is 40.6 Å². The molecule has 0 heterocycles. The predicted octanol–water partition coefficient (Wildman–Crippen LogP) is 3.44. The Kier molecular flexibility index (Phi) is 5.29. The van der Waals surface area contributed by atoms with Crippen molar-refractivity contribution in [2.75, 3.05) is 6.54 Å². The Morgan fingerprint density at radius 1 is 1.29 bits per heavy atom. The van der Waals surface area contributed by atoms with Crippen LogP contribution in [0.5, 0.6) is 0 Å². The number of hydrogen-bond donors (Lipinski definition) is 1. The number of aliphatic hydroxyl groups is 1. The molecule has 1 rings (SSSR count). The third-order valence-electron chi connectivity index (χ3n) is 2.76. The zero-order valence-corrected chi connectivity index (χ0v) is 10.9. The van der Waals surface area contributed by atoms with Gasteiger partial charge in [0.15, 0.2) is 5.72 Å². The van der Waals surface area contributed by atoms with Gasteiger partial charge in [0.25, 0.3) is 0 Å². The Balaban J connectivity index is 2.51. The van der Waals surface area contributed by atoms with Gasteiger partial charge in [-0.2, -0.15) is 10.2 Å². The summed E-state index contributed by atoms with van der Waals surface area (Å²) in [5.74, 6) is 0.520. The van der Waals surface area contributed by atoms with Crippen molar-refractivity contribution in [2.24, 2.45) is 16.1 Å². The van der Waals surface area contributed by atoms with E-state index in [0.29, 0.717) is 18.9 Å². The minimum Gasteiger partial charge on any atom is -0.368 e. The lowest BCUT2D eigenvalue weighted by Gasteiger charge is -2.17. The average Bonchev–Trinajstić information content (AvgIpc) is 2.29. The third kappa shape index (κ3) is 5.59. The van der Waals surface area contributed by atoms with E-state index in [1.54, 1.807) is 6.92 Å². The summed E-state index contributed by atoms with van der Waals surface area (Å²) in [6, 6.07) is 9.85. The van der Waals surface area contributed by atoms with E-state index in [9.17, 15) is 5.11 Å². The standard InChI is InChI=1S/C14H22N2O/c1-4-12(2)11-15-16-14(3,17)10-13-8-6-5-7-9-13/h5-9,12,17H,4,10-11H2,1-3H3/b16-15+. The van der Waals surface area contributed by atoms with Gasteiger partial charge in [-0.15, -0.1) is 0 Å². The molecule has 1 aromatic carbocycles. The topological polar surface area (TPSA) is 45.0 Å². The molecule has 0 aromatic heterocycles. The van der Waals surface area contributed by atoms with Crippen LogP contribution in [0.3, 0.4) is 0 Å². The highest BCUT2D eigenvalue weighted by Gasteiger charge is 2.19. The number of benzene rings is 1. The van der Waals surface area contributed by atoms with E-state index in [0.717, 1.165) is 12.0 Å². The van der Waals surface area contributed by atoms with E-state index in [-0.39, 0.29) is 0 Å². The molecule has 0 saturated heterocycles. The lowest BCUT2D eigenvalue weighted by atomic mass is 10.1. The smallest absolute Gasteiger partial charge is 0.177 e. The second kappa shape index (κ2) is 6.50. The Bertz CT molecular complexity index is 346. The Morgan fingerprint density at radius 2 is 1.94 bits per heavy atom. The maximum absolute atomic E-state index is 10.1. The first-order valence-corrected chi connectivity index (χ1v) is 6.18. The van der Waals surface area contributed by atoms with Crippen LogP contribution in [0.25, 0.3) is 0 Å². The molecule has 17 heavy (non-hydrogen) atoms. The van der Waals surface area contributed by atoms with Gasteiger partial charge >= 0.3 is 0 Å². The summed E-state index contributed by atoms with van der Waals surface area (Å²) in [7, 11) is 0. The van der Waals surface area contributed by atoms with Crippen LogP contribution in [-0.2, 0) is 6.42 Å². The summed E-state index contributed by atoms with van der Waals surface area (Å²) in [6.45, 7) is 6.63. The molecule has 2 atom stereocenters. The fourth-order valence-electron chi connectivity index (χ4n) is 1.48. The molecule has 0 saturated carbocycles. The Morgan fingerprint density at radius 3 is 2.53 bits per heavy atom. The second-order valence-electron chi connectivity index (χ2n) is 4.82. The highest BCUT2D eigenvalue weighted by Crippen LogP contribution is 2.15. The van der Waals surface area contributed by atoms with Crippen LogP contribution >= 0.6 is 0 Å². The predicted molar refractivity (Wildman–Crippen MR) is 69.9 cm³/mol. The van der Waals surface area contributed by atoms with Gasteiger partial charge in [-0.3, -0.25) is 0 Å². The second-order valence-corrected chi connectivity index (χ2v) is 4.82. The van der Waals surface area contributed by atoms with Crippen molar-refractivity contribution in [3.63, 3.8) is 0 Å². The van der Waals surface area contributed by atoms with Gasteiger partial charge in [0, 0.05) is 6.42 Å². The van der Waals surface area contributed by atoms with Crippen molar-refractivity contribution in [3.05, 3.63) is 35.9 Å². The largest absolute Gasteiger partial charge is 0.368 e. The van der Waals surface area contributed by atoms with Crippen molar-refractivity contribution < 1.29 is 5.11 Å². The maximum Gasteiger partial charge on any atom is 0.177 e. The summed E-state index contributed by atoms with van der Waals surface area (Å²) >= 11 is 0. The minimum atomic E-state index is -1.10. The quantitative estimate of drug-likeness (QED) is 0.753. The summed E-state index contributed by atoms with van der Waals surface area (Å²) in [5, 5.41) is 18.2. The molecular formula is C14H22N2O. The van der Waals surface area contributed by atoms with Gasteiger partial charge in [0.05, 0.1) is 6.54 Å². The van der Waals surface area contributed by atoms with Crippen molar-refractivity contribution in [3.8, 4) is 0 Å². The molecule has 94 valence electrons. The van der Waals surface area contributed by atoms with E-state index < -0.39 is 5.72 Å². The van der Waals surface area contributed by atoms with Crippen LogP contribution in [0, 0.1) is 5.92 Å². The first-order valence-electron chi connectivity index (χ1n) is 6.18. The van der Waals surface area contributed by atoms with Gasteiger partial charge in [-0.05, 0) is 18.4 Å². The molecule has 0 spiro atoms. The fraction of sp³-hybridized carbons (Fsp3) is 0.571. The number of rotatable bonds is 6. The van der Waals surface area contributed by atoms with Gasteiger partial charge in [0.1, 0.15) is 0 Å². The molecule has 0 aliphatic heterocycles. The normalized spacial score (nSPS) is 16.9. The molecule has 0 aliphatic rings. The van der Waals surface area contributed by atoms with E-state index in [4.69, 9.17) is 0 Å². The Hall–Kier alpha value is -1.22. The third-order valence-corrected chi connectivity index (χ3v) is 2.76. The molecule has 3 heteroatoms. The lowest BCUT2D eigenvalue weighted by molar-refractivity contribution is 0.0611. The van der Waals surface area contributed by atoms with Crippen LogP contribution in [-0.4, -0.2) is 17.4 Å². The fourth-order valence-corrected chi connectivity index (χ4v) is 1.48. The Labute approximate surface area is 104 Å². The van der Waals surface area contributed by atoms with E-state index in [1.807, 2.05) is 30.3 Å². The van der Waals surface area contributed by atoms with Crippen molar-refractivity contribution >= 4 is 0 Å². The summed E-state index contributed by atoms with van der Waals surface area (Å²) in [4.78, 5) is 0. The van der Waals surface area contributed by atoms with Gasteiger partial charge in [-0.25, -0.2) is 0 Å². The summed E-state index contributed by atoms with van der Waals surface area (Å²) in [5.41, 5.74) is -0.0329. The van der Waals surface area contributed by atoms with Crippen molar-refractivity contribution in [1.82, 2.24) is 0 Å². The number of azo groups is 1. The lowest BCUT2D eigenvalue weighted by Crippen LogP contribution is -2.23. The van der Waals surface area contributed by atoms with Gasteiger partial charge in [0.2, 0.25) is 0 Å². The highest BCUT2D eigenvalue weighted by atomic mass is 16.3. The van der Waals surface area contributed by atoms with Crippen LogP contribution in [0.2, 0.25) is 0 Å². The average molecular weight is 234 g/mol. The molecule has 0 fully saturated rings. The van der Waals surface area contributed by atoms with Crippen molar-refractivity contribution in [1.29, 1.82) is 0 Å². The molecule has 0 bridgehead atoms. The van der Waals surface area contributed by atoms with Crippen LogP contribution in [0.1, 0.15) is 32.8 Å². The molecule has 0 radical (unpaired) electrons. The van der Waals surface area contributed by atoms with E-state index in [1.165, 1.54) is 0 Å². The molecule has 3 nitrogen and oxygen atoms in total. The zero-order valence-electron chi connectivity index (χ0n) is 10.9. The summed E-state index contributed by atoms with van der Waals surface area (Å²) < 4.78 is 0. The molecule has 1 N–H and O–H groups in total. The first kappa shape index (κ1) is 13.8. The molecule has 2 unspecified atom stereocenters. The zero-order chi connectivity index (χ0) is 12.7. The van der Waals surface area contributed by atoms with Crippen LogP contribution < -0.4 is 0 Å². The van der Waals surface area contributed by atoms with Gasteiger partial charge < -0.3 is 5.11 Å². The number of hydrogen-bond acceptors (Lipinski definition) is 3. The minimum absolute atomic E-state index is 0.498. The van der Waals surface area contributed by atoms with Crippen LogP contribution in [0.4, 0.5) is 0 Å².